The molecule has 0 fully saturated rings. The van der Waals surface area contributed by atoms with Crippen molar-refractivity contribution < 1.29 is 9.53 Å². The summed E-state index contributed by atoms with van der Waals surface area (Å²) < 4.78 is 5.09. The molecule has 17 heavy (non-hydrogen) atoms. The minimum Gasteiger partial charge on any atom is -0.374 e. The Hall–Kier alpha value is -1.15. The Morgan fingerprint density at radius 3 is 3.00 bits per heavy atom. The first-order chi connectivity index (χ1) is 8.22. The lowest BCUT2D eigenvalue weighted by Crippen LogP contribution is -2.23. The van der Waals surface area contributed by atoms with Gasteiger partial charge < -0.3 is 4.74 Å². The molecule has 0 amide bonds. The zero-order chi connectivity index (χ0) is 12.3. The lowest BCUT2D eigenvalue weighted by molar-refractivity contribution is -0.128. The molecule has 0 spiro atoms. The number of rotatable bonds is 4. The highest BCUT2D eigenvalue weighted by Gasteiger charge is 2.24. The third-order valence-electron chi connectivity index (χ3n) is 3.75. The predicted molar refractivity (Wildman–Crippen MR) is 68.2 cm³/mol. The summed E-state index contributed by atoms with van der Waals surface area (Å²) in [5.41, 5.74) is 2.79. The third-order valence-corrected chi connectivity index (χ3v) is 3.75. The molecular formula is C15H20O2. The van der Waals surface area contributed by atoms with Gasteiger partial charge in [0.25, 0.3) is 0 Å². The number of carbonyl (C=O) groups excluding carboxylic acids is 1. The van der Waals surface area contributed by atoms with Crippen LogP contribution in [0.4, 0.5) is 0 Å². The number of benzene rings is 1. The van der Waals surface area contributed by atoms with Gasteiger partial charge in [-0.2, -0.15) is 0 Å². The van der Waals surface area contributed by atoms with Gasteiger partial charge >= 0.3 is 0 Å². The van der Waals surface area contributed by atoms with Crippen molar-refractivity contribution in [2.75, 3.05) is 7.11 Å². The molecule has 2 nitrogen and oxygen atoms in total. The molecule has 2 rings (SSSR count). The summed E-state index contributed by atoms with van der Waals surface area (Å²) in [5, 5.41) is 0. The van der Waals surface area contributed by atoms with E-state index in [9.17, 15) is 4.79 Å². The van der Waals surface area contributed by atoms with E-state index < -0.39 is 0 Å². The van der Waals surface area contributed by atoms with Crippen LogP contribution in [0.1, 0.15) is 43.2 Å². The first-order valence-corrected chi connectivity index (χ1v) is 6.35. The zero-order valence-electron chi connectivity index (χ0n) is 10.6. The van der Waals surface area contributed by atoms with Gasteiger partial charge in [0.05, 0.1) is 0 Å². The molecule has 92 valence electrons. The number of aryl methyl sites for hydroxylation is 1. The van der Waals surface area contributed by atoms with Crippen molar-refractivity contribution in [3.63, 3.8) is 0 Å². The van der Waals surface area contributed by atoms with Gasteiger partial charge in [0.1, 0.15) is 6.10 Å². The fraction of sp³-hybridized carbons (Fsp3) is 0.533. The number of hydrogen-bond donors (Lipinski definition) is 0. The van der Waals surface area contributed by atoms with E-state index in [4.69, 9.17) is 4.74 Å². The first kappa shape index (κ1) is 12.3. The molecule has 0 bridgehead atoms. The smallest absolute Gasteiger partial charge is 0.161 e. The number of Topliss-reactive ketones (excluding diaryl/α,β-unsaturated/α-hetero) is 1. The normalized spacial score (nSPS) is 20.7. The SMILES string of the molecule is COC(C)C(=O)CC1CCCc2ccccc21. The van der Waals surface area contributed by atoms with Gasteiger partial charge in [0.2, 0.25) is 0 Å². The summed E-state index contributed by atoms with van der Waals surface area (Å²) >= 11 is 0. The summed E-state index contributed by atoms with van der Waals surface area (Å²) in [4.78, 5) is 11.9. The fourth-order valence-corrected chi connectivity index (χ4v) is 2.61. The van der Waals surface area contributed by atoms with Crippen molar-refractivity contribution in [2.24, 2.45) is 0 Å². The number of ketones is 1. The molecular weight excluding hydrogens is 212 g/mol. The molecule has 1 aliphatic carbocycles. The second-order valence-electron chi connectivity index (χ2n) is 4.84. The van der Waals surface area contributed by atoms with Crippen molar-refractivity contribution in [3.8, 4) is 0 Å². The summed E-state index contributed by atoms with van der Waals surface area (Å²) in [7, 11) is 1.59. The zero-order valence-corrected chi connectivity index (χ0v) is 10.6. The van der Waals surface area contributed by atoms with Gasteiger partial charge in [-0.05, 0) is 43.2 Å². The van der Waals surface area contributed by atoms with Gasteiger partial charge in [-0.3, -0.25) is 4.79 Å². The van der Waals surface area contributed by atoms with Crippen LogP contribution in [0.15, 0.2) is 24.3 Å². The Balaban J connectivity index is 2.11. The molecule has 1 aromatic rings. The largest absolute Gasteiger partial charge is 0.374 e. The van der Waals surface area contributed by atoms with Crippen molar-refractivity contribution in [1.29, 1.82) is 0 Å². The van der Waals surface area contributed by atoms with Crippen LogP contribution in [0.2, 0.25) is 0 Å². The number of methoxy groups -OCH3 is 1. The second-order valence-corrected chi connectivity index (χ2v) is 4.84. The van der Waals surface area contributed by atoms with E-state index in [0.29, 0.717) is 12.3 Å². The van der Waals surface area contributed by atoms with Crippen molar-refractivity contribution in [3.05, 3.63) is 35.4 Å². The topological polar surface area (TPSA) is 26.3 Å². The standard InChI is InChI=1S/C15H20O2/c1-11(17-2)15(16)10-13-8-5-7-12-6-3-4-9-14(12)13/h3-4,6,9,11,13H,5,7-8,10H2,1-2H3. The van der Waals surface area contributed by atoms with Crippen LogP contribution in [0.3, 0.4) is 0 Å². The Kier molecular flexibility index (Phi) is 3.95. The van der Waals surface area contributed by atoms with Gasteiger partial charge in [-0.1, -0.05) is 24.3 Å². The average Bonchev–Trinajstić information content (AvgIpc) is 2.38. The summed E-state index contributed by atoms with van der Waals surface area (Å²) in [5.74, 6) is 0.610. The van der Waals surface area contributed by atoms with Crippen LogP contribution in [0.25, 0.3) is 0 Å². The van der Waals surface area contributed by atoms with E-state index in [1.807, 2.05) is 6.92 Å². The molecule has 1 aliphatic rings. The van der Waals surface area contributed by atoms with E-state index in [0.717, 1.165) is 12.8 Å². The second kappa shape index (κ2) is 5.46. The van der Waals surface area contributed by atoms with Crippen LogP contribution in [0.5, 0.6) is 0 Å². The molecule has 0 saturated heterocycles. The van der Waals surface area contributed by atoms with E-state index >= 15 is 0 Å². The molecule has 2 heteroatoms. The van der Waals surface area contributed by atoms with Crippen molar-refractivity contribution >= 4 is 5.78 Å². The van der Waals surface area contributed by atoms with Crippen LogP contribution < -0.4 is 0 Å². The van der Waals surface area contributed by atoms with Crippen LogP contribution >= 0.6 is 0 Å². The lowest BCUT2D eigenvalue weighted by atomic mass is 9.80. The Bertz CT molecular complexity index is 398. The number of carbonyl (C=O) groups is 1. The molecule has 0 aliphatic heterocycles. The van der Waals surface area contributed by atoms with Gasteiger partial charge in [0, 0.05) is 13.5 Å². The predicted octanol–water partition coefficient (Wildman–Crippen LogP) is 3.10. The highest BCUT2D eigenvalue weighted by atomic mass is 16.5. The van der Waals surface area contributed by atoms with Gasteiger partial charge in [-0.25, -0.2) is 0 Å². The highest BCUT2D eigenvalue weighted by molar-refractivity contribution is 5.83. The highest BCUT2D eigenvalue weighted by Crippen LogP contribution is 2.34. The van der Waals surface area contributed by atoms with E-state index in [1.54, 1.807) is 7.11 Å². The quantitative estimate of drug-likeness (QED) is 0.797. The van der Waals surface area contributed by atoms with Crippen molar-refractivity contribution in [1.82, 2.24) is 0 Å². The number of ether oxygens (including phenoxy) is 1. The molecule has 0 N–H and O–H groups in total. The molecule has 0 heterocycles. The Labute approximate surface area is 103 Å². The maximum Gasteiger partial charge on any atom is 0.161 e. The molecule has 0 radical (unpaired) electrons. The van der Waals surface area contributed by atoms with E-state index in [1.165, 1.54) is 17.5 Å². The minimum absolute atomic E-state index is 0.217. The maximum atomic E-state index is 11.9. The maximum absolute atomic E-state index is 11.9. The molecule has 0 aromatic heterocycles. The number of fused-ring (bicyclic) bond motifs is 1. The fourth-order valence-electron chi connectivity index (χ4n) is 2.61. The monoisotopic (exact) mass is 232 g/mol. The average molecular weight is 232 g/mol. The summed E-state index contributed by atoms with van der Waals surface area (Å²) in [6, 6.07) is 8.51. The molecule has 2 unspecified atom stereocenters. The summed E-state index contributed by atoms with van der Waals surface area (Å²) in [6.45, 7) is 1.83. The van der Waals surface area contributed by atoms with Crippen molar-refractivity contribution in [2.45, 2.75) is 44.6 Å². The molecule has 2 atom stereocenters. The van der Waals surface area contributed by atoms with Crippen LogP contribution in [-0.2, 0) is 16.0 Å². The molecule has 0 saturated carbocycles. The lowest BCUT2D eigenvalue weighted by Gasteiger charge is -2.25. The molecule has 1 aromatic carbocycles. The Morgan fingerprint density at radius 1 is 1.47 bits per heavy atom. The first-order valence-electron chi connectivity index (χ1n) is 6.35. The Morgan fingerprint density at radius 2 is 2.24 bits per heavy atom. The minimum atomic E-state index is -0.274. The van der Waals surface area contributed by atoms with E-state index in [-0.39, 0.29) is 11.9 Å². The van der Waals surface area contributed by atoms with Gasteiger partial charge in [-0.15, -0.1) is 0 Å². The third kappa shape index (κ3) is 2.75. The number of hydrogen-bond acceptors (Lipinski definition) is 2. The van der Waals surface area contributed by atoms with Crippen LogP contribution in [0, 0.1) is 0 Å². The van der Waals surface area contributed by atoms with Gasteiger partial charge in [0.15, 0.2) is 5.78 Å². The van der Waals surface area contributed by atoms with E-state index in [2.05, 4.69) is 24.3 Å². The summed E-state index contributed by atoms with van der Waals surface area (Å²) in [6.07, 6.45) is 3.81. The van der Waals surface area contributed by atoms with Crippen LogP contribution in [-0.4, -0.2) is 19.0 Å².